The van der Waals surface area contributed by atoms with Crippen LogP contribution in [0.4, 0.5) is 11.5 Å². The van der Waals surface area contributed by atoms with Gasteiger partial charge in [0.25, 0.3) is 17.7 Å². The summed E-state index contributed by atoms with van der Waals surface area (Å²) in [6, 6.07) is 9.77. The molecule has 20 nitrogen and oxygen atoms in total. The number of anilines is 2. The number of halogens is 1. The van der Waals surface area contributed by atoms with Gasteiger partial charge in [0.2, 0.25) is 11.8 Å². The van der Waals surface area contributed by atoms with Crippen molar-refractivity contribution in [1.82, 2.24) is 30.1 Å². The van der Waals surface area contributed by atoms with Crippen molar-refractivity contribution in [2.75, 3.05) is 57.2 Å². The first-order valence-electron chi connectivity index (χ1n) is 18.6. The average molecular weight is 837 g/mol. The maximum atomic E-state index is 13.2. The standard InChI is InChI=1S/C38H41ClN8O12/c39-22-5-4-19(29(50)32-30(51)31(52)38(59-32)46-11-8-21-33(40)43-18-44-34(21)46)16-25(22)58-17-27(49)42-10-13-57-15-14-56-12-9-41-23-3-1-2-20-28(23)37(55)47(36(20)54)24-6-7-26(48)45-35(24)53/h1-5,8,11,16,18,24,29-32,38,41,50-52H,6-7,9-10,12-15,17H2,(H,42,49)(H2,40,43,44)(H,45,48,53)/t24?,29-,30+,31-,32-,38-/m1/s1. The van der Waals surface area contributed by atoms with Crippen molar-refractivity contribution in [2.45, 2.75) is 49.5 Å². The van der Waals surface area contributed by atoms with E-state index in [0.29, 0.717) is 23.3 Å². The molecule has 3 aliphatic heterocycles. The minimum Gasteiger partial charge on any atom is -0.482 e. The molecule has 0 radical (unpaired) electrons. The van der Waals surface area contributed by atoms with E-state index in [2.05, 4.69) is 25.9 Å². The summed E-state index contributed by atoms with van der Waals surface area (Å²) in [7, 11) is 0. The van der Waals surface area contributed by atoms with Crippen LogP contribution in [0.25, 0.3) is 11.0 Å². The molecule has 59 heavy (non-hydrogen) atoms. The van der Waals surface area contributed by atoms with E-state index in [-0.39, 0.29) is 79.1 Å². The van der Waals surface area contributed by atoms with Gasteiger partial charge in [0.1, 0.15) is 54.0 Å². The van der Waals surface area contributed by atoms with Gasteiger partial charge >= 0.3 is 0 Å². The topological polar surface area (TPSA) is 279 Å². The van der Waals surface area contributed by atoms with Crippen molar-refractivity contribution in [3.05, 3.63) is 76.7 Å². The van der Waals surface area contributed by atoms with E-state index >= 15 is 0 Å². The maximum absolute atomic E-state index is 13.2. The smallest absolute Gasteiger partial charge is 0.264 e. The van der Waals surface area contributed by atoms with Crippen LogP contribution in [0, 0.1) is 0 Å². The highest BCUT2D eigenvalue weighted by molar-refractivity contribution is 6.32. The Hall–Kier alpha value is -5.74. The van der Waals surface area contributed by atoms with Crippen molar-refractivity contribution in [3.63, 3.8) is 0 Å². The Balaban J connectivity index is 0.790. The zero-order chi connectivity index (χ0) is 41.8. The van der Waals surface area contributed by atoms with Gasteiger partial charge in [-0.05, 0) is 42.3 Å². The number of benzene rings is 2. The lowest BCUT2D eigenvalue weighted by Crippen LogP contribution is -2.54. The summed E-state index contributed by atoms with van der Waals surface area (Å²) < 4.78 is 24.1. The van der Waals surface area contributed by atoms with Crippen LogP contribution >= 0.6 is 11.6 Å². The Labute approximate surface area is 340 Å². The van der Waals surface area contributed by atoms with E-state index in [0.717, 1.165) is 4.90 Å². The highest BCUT2D eigenvalue weighted by Gasteiger charge is 2.48. The summed E-state index contributed by atoms with van der Waals surface area (Å²) in [5.74, 6) is -2.45. The van der Waals surface area contributed by atoms with Gasteiger partial charge in [-0.2, -0.15) is 0 Å². The molecule has 0 aliphatic carbocycles. The number of nitrogens with zero attached hydrogens (tertiary/aromatic N) is 4. The van der Waals surface area contributed by atoms with E-state index in [1.165, 1.54) is 35.2 Å². The van der Waals surface area contributed by atoms with Gasteiger partial charge in [0, 0.05) is 31.4 Å². The quantitative estimate of drug-likeness (QED) is 0.0547. The molecule has 1 unspecified atom stereocenters. The molecule has 6 atom stereocenters. The lowest BCUT2D eigenvalue weighted by Gasteiger charge is -2.27. The Kier molecular flexibility index (Phi) is 12.7. The molecule has 7 rings (SSSR count). The average Bonchev–Trinajstić information content (AvgIpc) is 3.86. The van der Waals surface area contributed by atoms with Crippen LogP contribution in [0.5, 0.6) is 5.75 Å². The molecule has 21 heteroatoms. The second-order valence-electron chi connectivity index (χ2n) is 13.8. The number of nitrogens with two attached hydrogens (primary N) is 1. The van der Waals surface area contributed by atoms with Crippen molar-refractivity contribution in [3.8, 4) is 5.75 Å². The van der Waals surface area contributed by atoms with Gasteiger partial charge in [-0.3, -0.25) is 34.2 Å². The number of aliphatic hydroxyl groups excluding tert-OH is 3. The van der Waals surface area contributed by atoms with Crippen LogP contribution in [0.2, 0.25) is 5.02 Å². The van der Waals surface area contributed by atoms with Crippen molar-refractivity contribution in [1.29, 1.82) is 0 Å². The minimum atomic E-state index is -1.48. The van der Waals surface area contributed by atoms with Crippen LogP contribution < -0.4 is 26.4 Å². The van der Waals surface area contributed by atoms with Crippen molar-refractivity contribution < 1.29 is 58.2 Å². The number of imide groups is 2. The largest absolute Gasteiger partial charge is 0.482 e. The first-order chi connectivity index (χ1) is 28.4. The van der Waals surface area contributed by atoms with Crippen LogP contribution in [-0.4, -0.2) is 135 Å². The third kappa shape index (κ3) is 8.69. The second-order valence-corrected chi connectivity index (χ2v) is 14.2. The normalized spacial score (nSPS) is 22.1. The monoisotopic (exact) mass is 836 g/mol. The number of nitrogen functional groups attached to an aromatic ring is 1. The Morgan fingerprint density at radius 3 is 2.58 bits per heavy atom. The van der Waals surface area contributed by atoms with Gasteiger partial charge in [0.05, 0.1) is 48.0 Å². The summed E-state index contributed by atoms with van der Waals surface area (Å²) >= 11 is 6.30. The number of nitrogens with one attached hydrogen (secondary N) is 3. The molecule has 0 spiro atoms. The van der Waals surface area contributed by atoms with Gasteiger partial charge in [0.15, 0.2) is 12.8 Å². The highest BCUT2D eigenvalue weighted by Crippen LogP contribution is 2.39. The molecule has 5 heterocycles. The molecule has 8 N–H and O–H groups in total. The Morgan fingerprint density at radius 1 is 1.02 bits per heavy atom. The number of carbonyl (C=O) groups is 5. The van der Waals surface area contributed by atoms with Crippen LogP contribution in [0.3, 0.4) is 0 Å². The maximum Gasteiger partial charge on any atom is 0.264 e. The molecule has 0 saturated carbocycles. The predicted octanol–water partition coefficient (Wildman–Crippen LogP) is 0.0612. The van der Waals surface area contributed by atoms with Crippen molar-refractivity contribution in [2.24, 2.45) is 0 Å². The van der Waals surface area contributed by atoms with Gasteiger partial charge in [-0.15, -0.1) is 0 Å². The third-order valence-corrected chi connectivity index (χ3v) is 10.3. The fourth-order valence-electron chi connectivity index (χ4n) is 7.08. The SMILES string of the molecule is Nc1ncnc2c1ccn2[C@@H]1O[C@H]([C@H](O)c2ccc(Cl)c(OCC(=O)NCCOCCOCCNc3cccc4c3C(=O)N(C3CCC(=O)NC3=O)C4=O)c2)[C@@H](O)[C@H]1O. The number of aromatic nitrogens is 3. The summed E-state index contributed by atoms with van der Waals surface area (Å²) in [4.78, 5) is 71.6. The predicted molar refractivity (Wildman–Crippen MR) is 206 cm³/mol. The molecule has 2 fully saturated rings. The molecule has 2 aromatic heterocycles. The lowest BCUT2D eigenvalue weighted by atomic mass is 9.99. The Morgan fingerprint density at radius 2 is 1.80 bits per heavy atom. The number of amides is 5. The number of hydrogen-bond donors (Lipinski definition) is 7. The van der Waals surface area contributed by atoms with Gasteiger partial charge in [-0.25, -0.2) is 9.97 Å². The number of rotatable bonds is 17. The van der Waals surface area contributed by atoms with E-state index < -0.39 is 72.8 Å². The summed E-state index contributed by atoms with van der Waals surface area (Å²) in [5, 5.41) is 41.5. The number of fused-ring (bicyclic) bond motifs is 2. The first kappa shape index (κ1) is 41.4. The van der Waals surface area contributed by atoms with E-state index in [1.54, 1.807) is 24.4 Å². The molecule has 0 bridgehead atoms. The van der Waals surface area contributed by atoms with Gasteiger partial charge in [-0.1, -0.05) is 23.7 Å². The molecular weight excluding hydrogens is 796 g/mol. The van der Waals surface area contributed by atoms with Crippen LogP contribution in [0.15, 0.2) is 55.0 Å². The molecule has 2 aromatic carbocycles. The van der Waals surface area contributed by atoms with E-state index in [9.17, 15) is 39.3 Å². The summed E-state index contributed by atoms with van der Waals surface area (Å²) in [6.07, 6.45) is -3.69. The number of aliphatic hydroxyl groups is 3. The van der Waals surface area contributed by atoms with Crippen molar-refractivity contribution >= 4 is 63.7 Å². The Bertz CT molecular complexity index is 2260. The fourth-order valence-corrected chi connectivity index (χ4v) is 7.25. The van der Waals surface area contributed by atoms with E-state index in [1.807, 2.05) is 0 Å². The molecular formula is C38H41ClN8O12. The minimum absolute atomic E-state index is 0.0309. The van der Waals surface area contributed by atoms with Crippen LogP contribution in [0.1, 0.15) is 51.5 Å². The summed E-state index contributed by atoms with van der Waals surface area (Å²) in [5.41, 5.74) is 7.30. The zero-order valence-electron chi connectivity index (χ0n) is 31.3. The number of piperidine rings is 1. The van der Waals surface area contributed by atoms with Crippen LogP contribution in [-0.2, 0) is 28.6 Å². The molecule has 3 aliphatic rings. The summed E-state index contributed by atoms with van der Waals surface area (Å²) in [6.45, 7) is 0.973. The molecule has 4 aromatic rings. The lowest BCUT2D eigenvalue weighted by molar-refractivity contribution is -0.136. The highest BCUT2D eigenvalue weighted by atomic mass is 35.5. The molecule has 5 amide bonds. The fraction of sp³-hybridized carbons (Fsp3) is 0.395. The molecule has 2 saturated heterocycles. The number of hydrogen-bond acceptors (Lipinski definition) is 16. The zero-order valence-corrected chi connectivity index (χ0v) is 32.0. The molecule has 312 valence electrons. The second kappa shape index (κ2) is 18.0. The van der Waals surface area contributed by atoms with Gasteiger partial charge < -0.3 is 55.2 Å². The van der Waals surface area contributed by atoms with E-state index in [4.69, 9.17) is 36.3 Å². The third-order valence-electron chi connectivity index (χ3n) is 10.0. The first-order valence-corrected chi connectivity index (χ1v) is 19.0. The number of carbonyl (C=O) groups excluding carboxylic acids is 5. The number of ether oxygens (including phenoxy) is 4.